The maximum atomic E-state index is 5.86. The number of benzene rings is 2. The first kappa shape index (κ1) is 12.0. The van der Waals surface area contributed by atoms with E-state index in [1.54, 1.807) is 12.3 Å². The molecule has 2 rings (SSSR count). The molecule has 86 valence electrons. The second-order valence-corrected chi connectivity index (χ2v) is 4.31. The number of nitrogens with one attached hydrogen (secondary N) is 1. The van der Waals surface area contributed by atoms with Crippen molar-refractivity contribution in [3.05, 3.63) is 64.1 Å². The Balaban J connectivity index is 2.03. The molecule has 0 aliphatic heterocycles. The molecule has 0 unspecified atom stereocenters. The van der Waals surface area contributed by atoms with Gasteiger partial charge < -0.3 is 0 Å². The van der Waals surface area contributed by atoms with Crippen LogP contribution in [0.15, 0.2) is 53.6 Å². The predicted octanol–water partition coefficient (Wildman–Crippen LogP) is 4.44. The minimum Gasteiger partial charge on any atom is -0.278 e. The molecule has 4 heteroatoms. The van der Waals surface area contributed by atoms with Gasteiger partial charge in [-0.2, -0.15) is 5.10 Å². The van der Waals surface area contributed by atoms with Gasteiger partial charge in [0.25, 0.3) is 0 Å². The van der Waals surface area contributed by atoms with E-state index in [1.807, 2.05) is 42.5 Å². The topological polar surface area (TPSA) is 24.4 Å². The van der Waals surface area contributed by atoms with Crippen molar-refractivity contribution in [2.24, 2.45) is 5.10 Å². The first-order valence-corrected chi connectivity index (χ1v) is 5.80. The number of hydrazone groups is 1. The standard InChI is InChI=1S/C13H10Cl2N2/c14-11-4-1-3-10(7-11)9-16-17-13-6-2-5-12(15)8-13/h1-9,17H/b16-9+. The Kier molecular flexibility index (Phi) is 4.02. The zero-order chi connectivity index (χ0) is 12.1. The molecule has 0 radical (unpaired) electrons. The van der Waals surface area contributed by atoms with Crippen LogP contribution in [0.4, 0.5) is 5.69 Å². The average Bonchev–Trinajstić information content (AvgIpc) is 2.29. The highest BCUT2D eigenvalue weighted by atomic mass is 35.5. The van der Waals surface area contributed by atoms with Gasteiger partial charge >= 0.3 is 0 Å². The van der Waals surface area contributed by atoms with Crippen LogP contribution >= 0.6 is 23.2 Å². The first-order chi connectivity index (χ1) is 8.24. The minimum absolute atomic E-state index is 0.674. The summed E-state index contributed by atoms with van der Waals surface area (Å²) in [5.74, 6) is 0. The Labute approximate surface area is 110 Å². The van der Waals surface area contributed by atoms with Gasteiger partial charge in [0.2, 0.25) is 0 Å². The molecule has 0 aromatic heterocycles. The van der Waals surface area contributed by atoms with Gasteiger partial charge in [-0.1, -0.05) is 41.4 Å². The molecular weight excluding hydrogens is 255 g/mol. The molecule has 0 aliphatic rings. The highest BCUT2D eigenvalue weighted by Gasteiger charge is 1.91. The van der Waals surface area contributed by atoms with Gasteiger partial charge in [0.1, 0.15) is 0 Å². The van der Waals surface area contributed by atoms with E-state index in [0.29, 0.717) is 10.0 Å². The van der Waals surface area contributed by atoms with Crippen LogP contribution in [0.2, 0.25) is 10.0 Å². The van der Waals surface area contributed by atoms with Crippen molar-refractivity contribution in [2.75, 3.05) is 5.43 Å². The van der Waals surface area contributed by atoms with E-state index in [-0.39, 0.29) is 0 Å². The smallest absolute Gasteiger partial charge is 0.0576 e. The summed E-state index contributed by atoms with van der Waals surface area (Å²) in [4.78, 5) is 0. The van der Waals surface area contributed by atoms with Crippen LogP contribution in [0.25, 0.3) is 0 Å². The van der Waals surface area contributed by atoms with Crippen LogP contribution in [0.3, 0.4) is 0 Å². The van der Waals surface area contributed by atoms with E-state index in [4.69, 9.17) is 23.2 Å². The van der Waals surface area contributed by atoms with E-state index >= 15 is 0 Å². The van der Waals surface area contributed by atoms with Gasteiger partial charge in [0.05, 0.1) is 11.9 Å². The van der Waals surface area contributed by atoms with E-state index in [1.165, 1.54) is 0 Å². The Hall–Kier alpha value is -1.51. The lowest BCUT2D eigenvalue weighted by Crippen LogP contribution is -1.90. The molecule has 0 fully saturated rings. The van der Waals surface area contributed by atoms with Crippen LogP contribution in [-0.2, 0) is 0 Å². The third kappa shape index (κ3) is 3.77. The highest BCUT2D eigenvalue weighted by molar-refractivity contribution is 6.31. The number of hydrogen-bond acceptors (Lipinski definition) is 2. The molecule has 0 aliphatic carbocycles. The molecule has 0 atom stereocenters. The van der Waals surface area contributed by atoms with Crippen LogP contribution in [0.5, 0.6) is 0 Å². The Bertz CT molecular complexity index is 538. The van der Waals surface area contributed by atoms with Crippen LogP contribution in [0.1, 0.15) is 5.56 Å². The predicted molar refractivity (Wildman–Crippen MR) is 74.1 cm³/mol. The molecule has 0 saturated carbocycles. The molecule has 2 aromatic carbocycles. The van der Waals surface area contributed by atoms with Crippen molar-refractivity contribution in [1.29, 1.82) is 0 Å². The van der Waals surface area contributed by atoms with E-state index in [2.05, 4.69) is 10.5 Å². The van der Waals surface area contributed by atoms with Crippen molar-refractivity contribution >= 4 is 35.1 Å². The Morgan fingerprint density at radius 1 is 0.941 bits per heavy atom. The fraction of sp³-hybridized carbons (Fsp3) is 0. The van der Waals surface area contributed by atoms with Crippen molar-refractivity contribution in [3.63, 3.8) is 0 Å². The first-order valence-electron chi connectivity index (χ1n) is 5.04. The van der Waals surface area contributed by atoms with E-state index < -0.39 is 0 Å². The van der Waals surface area contributed by atoms with Gasteiger partial charge in [-0.05, 0) is 35.9 Å². The average molecular weight is 265 g/mol. The highest BCUT2D eigenvalue weighted by Crippen LogP contribution is 2.14. The summed E-state index contributed by atoms with van der Waals surface area (Å²) in [6.45, 7) is 0. The third-order valence-corrected chi connectivity index (χ3v) is 2.55. The lowest BCUT2D eigenvalue weighted by molar-refractivity contribution is 1.35. The SMILES string of the molecule is Clc1cccc(/C=N/Nc2cccc(Cl)c2)c1. The summed E-state index contributed by atoms with van der Waals surface area (Å²) in [5, 5.41) is 5.47. The maximum Gasteiger partial charge on any atom is 0.0576 e. The lowest BCUT2D eigenvalue weighted by Gasteiger charge is -2.00. The summed E-state index contributed by atoms with van der Waals surface area (Å²) in [5.41, 5.74) is 4.68. The van der Waals surface area contributed by atoms with Gasteiger partial charge in [-0.15, -0.1) is 0 Å². The molecule has 0 heterocycles. The van der Waals surface area contributed by atoms with Crippen LogP contribution in [0, 0.1) is 0 Å². The van der Waals surface area contributed by atoms with Crippen molar-refractivity contribution in [2.45, 2.75) is 0 Å². The van der Waals surface area contributed by atoms with Gasteiger partial charge in [0.15, 0.2) is 0 Å². The van der Waals surface area contributed by atoms with E-state index in [9.17, 15) is 0 Å². The van der Waals surface area contributed by atoms with Crippen molar-refractivity contribution in [3.8, 4) is 0 Å². The monoisotopic (exact) mass is 264 g/mol. The number of anilines is 1. The Morgan fingerprint density at radius 3 is 2.35 bits per heavy atom. The molecule has 0 saturated heterocycles. The number of nitrogens with zero attached hydrogens (tertiary/aromatic N) is 1. The number of hydrogen-bond donors (Lipinski definition) is 1. The summed E-state index contributed by atoms with van der Waals surface area (Å²) in [7, 11) is 0. The van der Waals surface area contributed by atoms with Crippen LogP contribution < -0.4 is 5.43 Å². The molecule has 0 amide bonds. The zero-order valence-electron chi connectivity index (χ0n) is 8.90. The van der Waals surface area contributed by atoms with Crippen LogP contribution in [-0.4, -0.2) is 6.21 Å². The Morgan fingerprint density at radius 2 is 1.65 bits per heavy atom. The summed E-state index contributed by atoms with van der Waals surface area (Å²) in [6.07, 6.45) is 1.70. The molecule has 2 nitrogen and oxygen atoms in total. The fourth-order valence-corrected chi connectivity index (χ4v) is 1.72. The van der Waals surface area contributed by atoms with Crippen molar-refractivity contribution in [1.82, 2.24) is 0 Å². The minimum atomic E-state index is 0.674. The maximum absolute atomic E-state index is 5.86. The van der Waals surface area contributed by atoms with E-state index in [0.717, 1.165) is 11.3 Å². The molecule has 1 N–H and O–H groups in total. The molecule has 2 aromatic rings. The molecule has 0 spiro atoms. The fourth-order valence-electron chi connectivity index (χ4n) is 1.33. The molecular formula is C13H10Cl2N2. The second kappa shape index (κ2) is 5.71. The summed E-state index contributed by atoms with van der Waals surface area (Å²) < 4.78 is 0. The summed E-state index contributed by atoms with van der Waals surface area (Å²) >= 11 is 11.7. The van der Waals surface area contributed by atoms with Gasteiger partial charge in [-0.25, -0.2) is 0 Å². The lowest BCUT2D eigenvalue weighted by atomic mass is 10.2. The van der Waals surface area contributed by atoms with Gasteiger partial charge in [-0.3, -0.25) is 5.43 Å². The number of rotatable bonds is 3. The third-order valence-electron chi connectivity index (χ3n) is 2.08. The molecule has 0 bridgehead atoms. The number of halogens is 2. The largest absolute Gasteiger partial charge is 0.278 e. The normalized spacial score (nSPS) is 10.7. The second-order valence-electron chi connectivity index (χ2n) is 3.44. The quantitative estimate of drug-likeness (QED) is 0.644. The zero-order valence-corrected chi connectivity index (χ0v) is 10.4. The summed E-state index contributed by atoms with van der Waals surface area (Å²) in [6, 6.07) is 14.8. The van der Waals surface area contributed by atoms with Crippen molar-refractivity contribution < 1.29 is 0 Å². The van der Waals surface area contributed by atoms with Gasteiger partial charge in [0, 0.05) is 10.0 Å². The molecule has 17 heavy (non-hydrogen) atoms.